The first-order valence-electron chi connectivity index (χ1n) is 5.85. The molecule has 0 spiro atoms. The summed E-state index contributed by atoms with van der Waals surface area (Å²) in [6.45, 7) is -0.435. The number of nitrogens with zero attached hydrogens (tertiary/aromatic N) is 4. The number of aliphatic hydroxyl groups excluding tert-OH is 3. The summed E-state index contributed by atoms with van der Waals surface area (Å²) in [4.78, 5) is 7.85. The second-order valence-electron chi connectivity index (χ2n) is 4.49. The molecular formula is C10H13N5O5. The fourth-order valence-corrected chi connectivity index (χ4v) is 2.22. The van der Waals surface area contributed by atoms with E-state index in [1.165, 1.54) is 10.9 Å². The fraction of sp³-hybridized carbons (Fsp3) is 0.500. The van der Waals surface area contributed by atoms with Crippen molar-refractivity contribution in [3.63, 3.8) is 0 Å². The molecule has 1 saturated heterocycles. The van der Waals surface area contributed by atoms with Gasteiger partial charge >= 0.3 is 0 Å². The summed E-state index contributed by atoms with van der Waals surface area (Å²) in [6, 6.07) is 0. The Morgan fingerprint density at radius 1 is 1.25 bits per heavy atom. The second kappa shape index (κ2) is 4.52. The molecule has 2 aromatic heterocycles. The van der Waals surface area contributed by atoms with Crippen LogP contribution in [0.4, 0.5) is 0 Å². The van der Waals surface area contributed by atoms with Gasteiger partial charge in [-0.2, -0.15) is 4.73 Å². The van der Waals surface area contributed by atoms with E-state index in [0.717, 1.165) is 6.33 Å². The largest absolute Gasteiger partial charge is 0.425 e. The molecule has 4 atom stereocenters. The van der Waals surface area contributed by atoms with Crippen molar-refractivity contribution >= 4 is 11.2 Å². The molecule has 0 radical (unpaired) electrons. The number of hydrogen-bond acceptors (Lipinski definition) is 8. The normalized spacial score (nSPS) is 30.1. The number of imidazole rings is 1. The topological polar surface area (TPSA) is 150 Å². The summed E-state index contributed by atoms with van der Waals surface area (Å²) in [6.07, 6.45) is -2.07. The van der Waals surface area contributed by atoms with Crippen LogP contribution >= 0.6 is 0 Å². The molecule has 0 aromatic carbocycles. The van der Waals surface area contributed by atoms with Crippen molar-refractivity contribution in [3.8, 4) is 0 Å². The quantitative estimate of drug-likeness (QED) is 0.384. The van der Waals surface area contributed by atoms with Crippen LogP contribution in [0.25, 0.3) is 11.2 Å². The Bertz CT molecular complexity index is 697. The second-order valence-corrected chi connectivity index (χ2v) is 4.49. The van der Waals surface area contributed by atoms with Crippen molar-refractivity contribution in [1.29, 1.82) is 5.41 Å². The molecule has 5 N–H and O–H groups in total. The zero-order valence-corrected chi connectivity index (χ0v) is 10.2. The van der Waals surface area contributed by atoms with Gasteiger partial charge < -0.3 is 25.3 Å². The van der Waals surface area contributed by atoms with Crippen molar-refractivity contribution in [2.45, 2.75) is 24.5 Å². The van der Waals surface area contributed by atoms with Crippen LogP contribution in [-0.2, 0) is 4.74 Å². The third-order valence-electron chi connectivity index (χ3n) is 3.30. The third-order valence-corrected chi connectivity index (χ3v) is 3.30. The number of aliphatic hydroxyl groups is 3. The van der Waals surface area contributed by atoms with E-state index in [-0.39, 0.29) is 16.7 Å². The van der Waals surface area contributed by atoms with Crippen LogP contribution in [0.1, 0.15) is 6.23 Å². The Labute approximate surface area is 111 Å². The van der Waals surface area contributed by atoms with Crippen LogP contribution < -0.4 is 5.49 Å². The minimum atomic E-state index is -1.26. The highest BCUT2D eigenvalue weighted by atomic mass is 16.6. The van der Waals surface area contributed by atoms with Crippen molar-refractivity contribution < 1.29 is 25.3 Å². The molecule has 0 aliphatic carbocycles. The predicted molar refractivity (Wildman–Crippen MR) is 61.6 cm³/mol. The molecule has 2 aromatic rings. The molecule has 10 heteroatoms. The van der Waals surface area contributed by atoms with E-state index in [1.54, 1.807) is 0 Å². The van der Waals surface area contributed by atoms with Gasteiger partial charge in [0.2, 0.25) is 0 Å². The van der Waals surface area contributed by atoms with Gasteiger partial charge in [0.1, 0.15) is 24.6 Å². The molecule has 1 unspecified atom stereocenters. The molecule has 10 nitrogen and oxygen atoms in total. The van der Waals surface area contributed by atoms with Gasteiger partial charge in [-0.25, -0.2) is 9.97 Å². The lowest BCUT2D eigenvalue weighted by atomic mass is 10.1. The average molecular weight is 283 g/mol. The Morgan fingerprint density at radius 2 is 2.00 bits per heavy atom. The van der Waals surface area contributed by atoms with Gasteiger partial charge in [-0.05, 0) is 0 Å². The summed E-state index contributed by atoms with van der Waals surface area (Å²) in [5.41, 5.74) is 0.0726. The first-order chi connectivity index (χ1) is 9.54. The van der Waals surface area contributed by atoms with E-state index < -0.39 is 31.1 Å². The SMILES string of the molecule is N=c1c2ncn(C3O[C@H](CO)[C@@H](O)[C@H]3O)c2ncn1O. The average Bonchev–Trinajstić information content (AvgIpc) is 2.98. The summed E-state index contributed by atoms with van der Waals surface area (Å²) in [7, 11) is 0. The van der Waals surface area contributed by atoms with E-state index in [9.17, 15) is 15.4 Å². The van der Waals surface area contributed by atoms with Crippen LogP contribution in [0.15, 0.2) is 12.7 Å². The highest BCUT2D eigenvalue weighted by Crippen LogP contribution is 2.30. The van der Waals surface area contributed by atoms with Gasteiger partial charge in [-0.1, -0.05) is 0 Å². The van der Waals surface area contributed by atoms with E-state index >= 15 is 0 Å². The summed E-state index contributed by atoms with van der Waals surface area (Å²) < 4.78 is 7.22. The Balaban J connectivity index is 2.08. The Morgan fingerprint density at radius 3 is 2.65 bits per heavy atom. The van der Waals surface area contributed by atoms with Crippen molar-refractivity contribution in [3.05, 3.63) is 18.1 Å². The molecule has 0 saturated carbocycles. The van der Waals surface area contributed by atoms with Gasteiger partial charge in [0.15, 0.2) is 22.9 Å². The molecule has 20 heavy (non-hydrogen) atoms. The third kappa shape index (κ3) is 1.70. The van der Waals surface area contributed by atoms with Gasteiger partial charge in [-0.3, -0.25) is 9.98 Å². The summed E-state index contributed by atoms with van der Waals surface area (Å²) in [5.74, 6) is 0. The van der Waals surface area contributed by atoms with Crippen LogP contribution in [-0.4, -0.2) is 64.7 Å². The maximum absolute atomic E-state index is 9.95. The molecule has 1 aliphatic rings. The van der Waals surface area contributed by atoms with E-state index in [1.807, 2.05) is 0 Å². The lowest BCUT2D eigenvalue weighted by Gasteiger charge is -2.16. The van der Waals surface area contributed by atoms with Crippen molar-refractivity contribution in [2.75, 3.05) is 6.61 Å². The first kappa shape index (κ1) is 13.0. The highest BCUT2D eigenvalue weighted by molar-refractivity contribution is 5.68. The van der Waals surface area contributed by atoms with Crippen LogP contribution in [0.5, 0.6) is 0 Å². The molecule has 0 bridgehead atoms. The van der Waals surface area contributed by atoms with E-state index in [4.69, 9.17) is 15.3 Å². The van der Waals surface area contributed by atoms with Crippen LogP contribution in [0.3, 0.4) is 0 Å². The molecular weight excluding hydrogens is 270 g/mol. The number of hydrogen-bond donors (Lipinski definition) is 5. The summed E-state index contributed by atoms with van der Waals surface area (Å²) >= 11 is 0. The van der Waals surface area contributed by atoms with Gasteiger partial charge in [0.25, 0.3) is 0 Å². The smallest absolute Gasteiger partial charge is 0.192 e. The standard InChI is InChI=1S/C10H13N5O5/c11-8-5-9(13-3-15(8)19)14(2-12-5)10-7(18)6(17)4(1-16)20-10/h2-4,6-7,10-11,16-19H,1H2/t4-,6-,7-,10?/m1/s1. The monoisotopic (exact) mass is 283 g/mol. The number of rotatable bonds is 2. The van der Waals surface area contributed by atoms with E-state index in [2.05, 4.69) is 9.97 Å². The summed E-state index contributed by atoms with van der Waals surface area (Å²) in [5, 5.41) is 45.7. The molecule has 3 heterocycles. The molecule has 0 amide bonds. The zero-order chi connectivity index (χ0) is 14.4. The van der Waals surface area contributed by atoms with Crippen LogP contribution in [0, 0.1) is 5.41 Å². The number of nitrogens with one attached hydrogen (secondary N) is 1. The first-order valence-corrected chi connectivity index (χ1v) is 5.85. The molecule has 1 fully saturated rings. The zero-order valence-electron chi connectivity index (χ0n) is 10.2. The van der Waals surface area contributed by atoms with E-state index in [0.29, 0.717) is 4.73 Å². The maximum atomic E-state index is 9.95. The molecule has 108 valence electrons. The van der Waals surface area contributed by atoms with Gasteiger partial charge in [-0.15, -0.1) is 0 Å². The minimum absolute atomic E-state index is 0.118. The highest BCUT2D eigenvalue weighted by Gasteiger charge is 2.43. The Hall–Kier alpha value is -2.01. The van der Waals surface area contributed by atoms with Crippen LogP contribution in [0.2, 0.25) is 0 Å². The maximum Gasteiger partial charge on any atom is 0.192 e. The Kier molecular flexibility index (Phi) is 2.94. The molecule has 1 aliphatic heterocycles. The van der Waals surface area contributed by atoms with Gasteiger partial charge in [0, 0.05) is 0 Å². The lowest BCUT2D eigenvalue weighted by Crippen LogP contribution is -2.33. The lowest BCUT2D eigenvalue weighted by molar-refractivity contribution is -0.0511. The number of fused-ring (bicyclic) bond motifs is 1. The van der Waals surface area contributed by atoms with Crippen molar-refractivity contribution in [2.24, 2.45) is 0 Å². The number of ether oxygens (including phenoxy) is 1. The number of aromatic nitrogens is 4. The fourth-order valence-electron chi connectivity index (χ4n) is 2.22. The van der Waals surface area contributed by atoms with Crippen molar-refractivity contribution in [1.82, 2.24) is 19.3 Å². The van der Waals surface area contributed by atoms with Gasteiger partial charge in [0.05, 0.1) is 12.9 Å². The minimum Gasteiger partial charge on any atom is -0.425 e. The molecule has 3 rings (SSSR count). The predicted octanol–water partition coefficient (Wildman–Crippen LogP) is -2.44.